The Kier molecular flexibility index (Phi) is 3.10. The molecule has 0 bridgehead atoms. The fourth-order valence-electron chi connectivity index (χ4n) is 2.31. The Labute approximate surface area is 121 Å². The molecule has 0 aromatic carbocycles. The average molecular weight is 274 g/mol. The van der Waals surface area contributed by atoms with Crippen molar-refractivity contribution < 1.29 is 9.31 Å². The number of hydrogen-bond acceptors (Lipinski definition) is 4. The molecular weight excluding hydrogens is 251 g/mol. The maximum Gasteiger partial charge on any atom is 0.496 e. The van der Waals surface area contributed by atoms with Crippen LogP contribution in [0.4, 0.5) is 5.82 Å². The van der Waals surface area contributed by atoms with E-state index < -0.39 is 0 Å². The average Bonchev–Trinajstić information content (AvgIpc) is 3.07. The Morgan fingerprint density at radius 3 is 2.25 bits per heavy atom. The molecule has 1 saturated carbocycles. The Morgan fingerprint density at radius 1 is 1.15 bits per heavy atom. The van der Waals surface area contributed by atoms with Gasteiger partial charge in [0.25, 0.3) is 0 Å². The molecule has 0 atom stereocenters. The summed E-state index contributed by atoms with van der Waals surface area (Å²) in [7, 11) is -0.331. The third-order valence-corrected chi connectivity index (χ3v) is 4.56. The van der Waals surface area contributed by atoms with Gasteiger partial charge in [0, 0.05) is 17.2 Å². The minimum absolute atomic E-state index is 0.310. The molecule has 2 fully saturated rings. The van der Waals surface area contributed by atoms with E-state index in [1.165, 1.54) is 12.8 Å². The molecule has 1 N–H and O–H groups in total. The molecule has 108 valence electrons. The molecule has 1 aliphatic heterocycles. The first-order valence-electron chi connectivity index (χ1n) is 7.38. The molecule has 0 radical (unpaired) electrons. The molecule has 2 aliphatic rings. The number of aryl methyl sites for hydroxylation is 1. The third kappa shape index (κ3) is 2.45. The van der Waals surface area contributed by atoms with Gasteiger partial charge in [0.15, 0.2) is 0 Å². The number of pyridine rings is 1. The predicted molar refractivity (Wildman–Crippen MR) is 81.3 cm³/mol. The summed E-state index contributed by atoms with van der Waals surface area (Å²) in [4.78, 5) is 4.62. The summed E-state index contributed by atoms with van der Waals surface area (Å²) in [5.41, 5.74) is 1.36. The molecule has 1 aromatic heterocycles. The lowest BCUT2D eigenvalue weighted by molar-refractivity contribution is 0.00578. The van der Waals surface area contributed by atoms with Crippen molar-refractivity contribution >= 4 is 18.4 Å². The normalized spacial score (nSPS) is 23.9. The van der Waals surface area contributed by atoms with E-state index in [2.05, 4.69) is 44.1 Å². The van der Waals surface area contributed by atoms with Crippen LogP contribution >= 0.6 is 0 Å². The lowest BCUT2D eigenvalue weighted by Gasteiger charge is -2.32. The van der Waals surface area contributed by atoms with Crippen molar-refractivity contribution in [1.29, 1.82) is 0 Å². The summed E-state index contributed by atoms with van der Waals surface area (Å²) in [5, 5.41) is 3.41. The molecule has 1 aromatic rings. The van der Waals surface area contributed by atoms with Crippen LogP contribution in [0.25, 0.3) is 0 Å². The van der Waals surface area contributed by atoms with Gasteiger partial charge < -0.3 is 14.6 Å². The first kappa shape index (κ1) is 13.9. The maximum absolute atomic E-state index is 6.08. The van der Waals surface area contributed by atoms with Gasteiger partial charge in [0.2, 0.25) is 0 Å². The van der Waals surface area contributed by atoms with Gasteiger partial charge in [-0.15, -0.1) is 0 Å². The van der Waals surface area contributed by atoms with Gasteiger partial charge in [0.1, 0.15) is 5.82 Å². The quantitative estimate of drug-likeness (QED) is 0.859. The smallest absolute Gasteiger partial charge is 0.399 e. The topological polar surface area (TPSA) is 43.4 Å². The summed E-state index contributed by atoms with van der Waals surface area (Å²) < 4.78 is 12.2. The van der Waals surface area contributed by atoms with Crippen molar-refractivity contribution in [1.82, 2.24) is 4.98 Å². The highest BCUT2D eigenvalue weighted by Crippen LogP contribution is 2.36. The van der Waals surface area contributed by atoms with E-state index in [0.29, 0.717) is 6.04 Å². The van der Waals surface area contributed by atoms with Crippen molar-refractivity contribution in [2.45, 2.75) is 64.7 Å². The van der Waals surface area contributed by atoms with Crippen molar-refractivity contribution in [3.05, 3.63) is 17.8 Å². The monoisotopic (exact) mass is 274 g/mol. The van der Waals surface area contributed by atoms with Crippen LogP contribution in [0.1, 0.15) is 46.2 Å². The van der Waals surface area contributed by atoms with Crippen LogP contribution in [0.2, 0.25) is 0 Å². The van der Waals surface area contributed by atoms with Crippen LogP contribution in [-0.4, -0.2) is 29.3 Å². The van der Waals surface area contributed by atoms with Crippen LogP contribution in [-0.2, 0) is 9.31 Å². The predicted octanol–water partition coefficient (Wildman–Crippen LogP) is 2.26. The maximum atomic E-state index is 6.08. The van der Waals surface area contributed by atoms with Crippen LogP contribution in [0, 0.1) is 6.92 Å². The van der Waals surface area contributed by atoms with E-state index in [4.69, 9.17) is 9.31 Å². The number of anilines is 1. The van der Waals surface area contributed by atoms with Gasteiger partial charge >= 0.3 is 7.12 Å². The molecule has 4 nitrogen and oxygen atoms in total. The molecule has 0 unspecified atom stereocenters. The van der Waals surface area contributed by atoms with Crippen molar-refractivity contribution in [2.24, 2.45) is 0 Å². The van der Waals surface area contributed by atoms with Gasteiger partial charge in [0.05, 0.1) is 11.2 Å². The second-order valence-electron chi connectivity index (χ2n) is 6.88. The van der Waals surface area contributed by atoms with Crippen LogP contribution in [0.3, 0.4) is 0 Å². The van der Waals surface area contributed by atoms with Crippen molar-refractivity contribution in [3.8, 4) is 0 Å². The van der Waals surface area contributed by atoms with Gasteiger partial charge in [-0.1, -0.05) is 6.07 Å². The van der Waals surface area contributed by atoms with Gasteiger partial charge in [-0.05, 0) is 53.5 Å². The van der Waals surface area contributed by atoms with E-state index in [9.17, 15) is 0 Å². The van der Waals surface area contributed by atoms with E-state index in [1.54, 1.807) is 0 Å². The summed E-state index contributed by atoms with van der Waals surface area (Å²) in [6.45, 7) is 10.3. The van der Waals surface area contributed by atoms with Gasteiger partial charge in [-0.2, -0.15) is 0 Å². The highest BCUT2D eigenvalue weighted by molar-refractivity contribution is 6.62. The van der Waals surface area contributed by atoms with Crippen molar-refractivity contribution in [2.75, 3.05) is 5.32 Å². The second-order valence-corrected chi connectivity index (χ2v) is 6.88. The SMILES string of the molecule is Cc1nc(NC2CC2)ccc1B1OC(C)(C)C(C)(C)O1. The zero-order valence-electron chi connectivity index (χ0n) is 13.0. The number of hydrogen-bond donors (Lipinski definition) is 1. The van der Waals surface area contributed by atoms with E-state index in [-0.39, 0.29) is 18.3 Å². The number of nitrogens with one attached hydrogen (secondary N) is 1. The minimum Gasteiger partial charge on any atom is -0.399 e. The third-order valence-electron chi connectivity index (χ3n) is 4.56. The molecule has 0 spiro atoms. The zero-order valence-corrected chi connectivity index (χ0v) is 13.0. The zero-order chi connectivity index (χ0) is 14.5. The first-order valence-corrected chi connectivity index (χ1v) is 7.38. The van der Waals surface area contributed by atoms with Gasteiger partial charge in [-0.25, -0.2) is 4.98 Å². The summed E-state index contributed by atoms with van der Waals surface area (Å²) in [6, 6.07) is 4.70. The fourth-order valence-corrected chi connectivity index (χ4v) is 2.31. The highest BCUT2D eigenvalue weighted by atomic mass is 16.7. The Morgan fingerprint density at radius 2 is 1.75 bits per heavy atom. The Bertz CT molecular complexity index is 511. The Balaban J connectivity index is 1.80. The first-order chi connectivity index (χ1) is 9.28. The standard InChI is InChI=1S/C15H23BN2O2/c1-10-12(8-9-13(17-10)18-11-6-7-11)16-19-14(2,3)15(4,5)20-16/h8-9,11H,6-7H2,1-5H3,(H,17,18). The largest absolute Gasteiger partial charge is 0.496 e. The molecule has 20 heavy (non-hydrogen) atoms. The fraction of sp³-hybridized carbons (Fsp3) is 0.667. The molecule has 5 heteroatoms. The number of rotatable bonds is 3. The molecule has 1 aliphatic carbocycles. The van der Waals surface area contributed by atoms with Crippen LogP contribution in [0.5, 0.6) is 0 Å². The van der Waals surface area contributed by atoms with Crippen LogP contribution < -0.4 is 10.8 Å². The van der Waals surface area contributed by atoms with Gasteiger partial charge in [-0.3, -0.25) is 0 Å². The van der Waals surface area contributed by atoms with Crippen molar-refractivity contribution in [3.63, 3.8) is 0 Å². The minimum atomic E-state index is -0.331. The molecule has 3 rings (SSSR count). The molecule has 0 amide bonds. The number of aromatic nitrogens is 1. The molecular formula is C15H23BN2O2. The number of nitrogens with zero attached hydrogens (tertiary/aromatic N) is 1. The van der Waals surface area contributed by atoms with E-state index >= 15 is 0 Å². The van der Waals surface area contributed by atoms with Crippen LogP contribution in [0.15, 0.2) is 12.1 Å². The Hall–Kier alpha value is -1.07. The summed E-state index contributed by atoms with van der Waals surface area (Å²) in [6.07, 6.45) is 2.50. The molecule has 1 saturated heterocycles. The molecule has 2 heterocycles. The van der Waals surface area contributed by atoms with E-state index in [0.717, 1.165) is 17.0 Å². The van der Waals surface area contributed by atoms with E-state index in [1.807, 2.05) is 13.0 Å². The lowest BCUT2D eigenvalue weighted by atomic mass is 9.78. The summed E-state index contributed by atoms with van der Waals surface area (Å²) in [5.74, 6) is 0.949. The highest BCUT2D eigenvalue weighted by Gasteiger charge is 2.52. The summed E-state index contributed by atoms with van der Waals surface area (Å²) >= 11 is 0. The second kappa shape index (κ2) is 4.47. The lowest BCUT2D eigenvalue weighted by Crippen LogP contribution is -2.41.